The number of likely N-dealkylation sites (N-methyl/N-ethyl adjacent to an activating group) is 1. The summed E-state index contributed by atoms with van der Waals surface area (Å²) in [5.74, 6) is 1.22. The molecule has 0 aromatic heterocycles. The summed E-state index contributed by atoms with van der Waals surface area (Å²) in [4.78, 5) is 0. The van der Waals surface area contributed by atoms with Crippen LogP contribution in [0.5, 0.6) is 0 Å². The van der Waals surface area contributed by atoms with Gasteiger partial charge in [0.2, 0.25) is 0 Å². The quantitative estimate of drug-likeness (QED) is 0.809. The van der Waals surface area contributed by atoms with Crippen LogP contribution in [-0.4, -0.2) is 12.6 Å². The Balaban J connectivity index is 2.99. The van der Waals surface area contributed by atoms with Crippen molar-refractivity contribution in [3.63, 3.8) is 0 Å². The average Bonchev–Trinajstić information content (AvgIpc) is 2.28. The molecule has 0 amide bonds. The zero-order valence-electron chi connectivity index (χ0n) is 12.2. The smallest absolute Gasteiger partial charge is 0.0156 e. The Hall–Kier alpha value is -0.820. The molecule has 1 N–H and O–H groups in total. The molecular formula is C16H27N. The second kappa shape index (κ2) is 6.20. The van der Waals surface area contributed by atoms with E-state index in [1.807, 2.05) is 0 Å². The number of rotatable bonds is 5. The first-order valence-corrected chi connectivity index (χ1v) is 6.77. The molecule has 0 bridgehead atoms. The maximum Gasteiger partial charge on any atom is 0.0156 e. The Morgan fingerprint density at radius 2 is 1.76 bits per heavy atom. The zero-order valence-corrected chi connectivity index (χ0v) is 12.2. The summed E-state index contributed by atoms with van der Waals surface area (Å²) < 4.78 is 0. The van der Waals surface area contributed by atoms with Crippen molar-refractivity contribution in [2.24, 2.45) is 5.92 Å². The van der Waals surface area contributed by atoms with Crippen LogP contribution in [0.15, 0.2) is 18.2 Å². The molecule has 2 unspecified atom stereocenters. The first-order valence-electron chi connectivity index (χ1n) is 6.77. The van der Waals surface area contributed by atoms with Gasteiger partial charge in [-0.3, -0.25) is 0 Å². The minimum Gasteiger partial charge on any atom is -0.313 e. The lowest BCUT2D eigenvalue weighted by Crippen LogP contribution is -2.38. The third kappa shape index (κ3) is 3.57. The molecule has 0 saturated heterocycles. The Bertz CT molecular complexity index is 355. The van der Waals surface area contributed by atoms with Gasteiger partial charge in [-0.25, -0.2) is 0 Å². The summed E-state index contributed by atoms with van der Waals surface area (Å²) in [5, 5.41) is 3.63. The van der Waals surface area contributed by atoms with Crippen LogP contribution in [0.25, 0.3) is 0 Å². The highest BCUT2D eigenvalue weighted by Gasteiger charge is 2.22. The fraction of sp³-hybridized carbons (Fsp3) is 0.625. The van der Waals surface area contributed by atoms with Crippen molar-refractivity contribution >= 4 is 0 Å². The molecule has 0 radical (unpaired) electrons. The van der Waals surface area contributed by atoms with Gasteiger partial charge in [0, 0.05) is 6.04 Å². The van der Waals surface area contributed by atoms with Crippen LogP contribution in [0.3, 0.4) is 0 Å². The molecule has 0 aliphatic rings. The van der Waals surface area contributed by atoms with E-state index >= 15 is 0 Å². The first kappa shape index (κ1) is 14.2. The van der Waals surface area contributed by atoms with Crippen LogP contribution < -0.4 is 5.32 Å². The number of benzene rings is 1. The number of nitrogens with one attached hydrogen (secondary N) is 1. The van der Waals surface area contributed by atoms with Gasteiger partial charge in [-0.1, -0.05) is 51.5 Å². The molecular weight excluding hydrogens is 206 g/mol. The molecule has 0 aliphatic heterocycles. The van der Waals surface area contributed by atoms with E-state index in [1.165, 1.54) is 16.7 Å². The van der Waals surface area contributed by atoms with E-state index in [4.69, 9.17) is 0 Å². The Kier molecular flexibility index (Phi) is 5.20. The molecule has 0 heterocycles. The first-order chi connectivity index (χ1) is 7.97. The molecule has 1 rings (SSSR count). The van der Waals surface area contributed by atoms with Crippen molar-refractivity contribution in [1.29, 1.82) is 0 Å². The normalized spacial score (nSPS) is 15.0. The van der Waals surface area contributed by atoms with E-state index in [9.17, 15) is 0 Å². The largest absolute Gasteiger partial charge is 0.313 e. The molecule has 1 aromatic carbocycles. The van der Waals surface area contributed by atoms with Crippen LogP contribution in [0, 0.1) is 19.8 Å². The minimum atomic E-state index is 0.556. The summed E-state index contributed by atoms with van der Waals surface area (Å²) in [6, 6.07) is 7.33. The van der Waals surface area contributed by atoms with E-state index in [2.05, 4.69) is 65.1 Å². The van der Waals surface area contributed by atoms with Crippen molar-refractivity contribution in [3.05, 3.63) is 34.9 Å². The number of hydrogen-bond acceptors (Lipinski definition) is 1. The molecule has 1 heteroatoms. The van der Waals surface area contributed by atoms with E-state index in [1.54, 1.807) is 0 Å². The maximum atomic E-state index is 3.63. The fourth-order valence-corrected chi connectivity index (χ4v) is 2.67. The summed E-state index contributed by atoms with van der Waals surface area (Å²) in [6.45, 7) is 14.6. The standard InChI is InChI=1S/C16H27N/c1-7-17-16(11(2)3)14(6)15-10-12(4)8-9-13(15)5/h8-11,14,16-17H,7H2,1-6H3. The molecule has 0 spiro atoms. The van der Waals surface area contributed by atoms with Crippen LogP contribution >= 0.6 is 0 Å². The second-order valence-corrected chi connectivity index (χ2v) is 5.48. The SMILES string of the molecule is CCNC(C(C)C)C(C)c1cc(C)ccc1C. The summed E-state index contributed by atoms with van der Waals surface area (Å²) in [7, 11) is 0. The minimum absolute atomic E-state index is 0.556. The van der Waals surface area contributed by atoms with E-state index in [0.717, 1.165) is 6.54 Å². The lowest BCUT2D eigenvalue weighted by atomic mass is 9.84. The second-order valence-electron chi connectivity index (χ2n) is 5.48. The highest BCUT2D eigenvalue weighted by Crippen LogP contribution is 2.27. The van der Waals surface area contributed by atoms with Gasteiger partial charge in [0.25, 0.3) is 0 Å². The predicted molar refractivity (Wildman–Crippen MR) is 76.6 cm³/mol. The predicted octanol–water partition coefficient (Wildman–Crippen LogP) is 4.04. The number of hydrogen-bond donors (Lipinski definition) is 1. The maximum absolute atomic E-state index is 3.63. The topological polar surface area (TPSA) is 12.0 Å². The van der Waals surface area contributed by atoms with Gasteiger partial charge in [-0.05, 0) is 43.4 Å². The summed E-state index contributed by atoms with van der Waals surface area (Å²) >= 11 is 0. The van der Waals surface area contributed by atoms with Crippen LogP contribution in [0.2, 0.25) is 0 Å². The molecule has 2 atom stereocenters. The van der Waals surface area contributed by atoms with Gasteiger partial charge < -0.3 is 5.32 Å². The van der Waals surface area contributed by atoms with Crippen molar-refractivity contribution in [2.75, 3.05) is 6.54 Å². The van der Waals surface area contributed by atoms with Crippen molar-refractivity contribution in [1.82, 2.24) is 5.32 Å². The summed E-state index contributed by atoms with van der Waals surface area (Å²) in [6.07, 6.45) is 0. The average molecular weight is 233 g/mol. The van der Waals surface area contributed by atoms with E-state index in [0.29, 0.717) is 17.9 Å². The van der Waals surface area contributed by atoms with Gasteiger partial charge in [0.05, 0.1) is 0 Å². The lowest BCUT2D eigenvalue weighted by Gasteiger charge is -2.30. The third-order valence-corrected chi connectivity index (χ3v) is 3.62. The van der Waals surface area contributed by atoms with Crippen LogP contribution in [0.1, 0.15) is 50.3 Å². The Labute approximate surface area is 107 Å². The molecule has 96 valence electrons. The molecule has 1 nitrogen and oxygen atoms in total. The van der Waals surface area contributed by atoms with Gasteiger partial charge in [-0.15, -0.1) is 0 Å². The zero-order chi connectivity index (χ0) is 13.0. The van der Waals surface area contributed by atoms with Gasteiger partial charge in [0.15, 0.2) is 0 Å². The van der Waals surface area contributed by atoms with Gasteiger partial charge in [-0.2, -0.15) is 0 Å². The molecule has 0 fully saturated rings. The van der Waals surface area contributed by atoms with E-state index in [-0.39, 0.29) is 0 Å². The molecule has 0 aliphatic carbocycles. The molecule has 17 heavy (non-hydrogen) atoms. The van der Waals surface area contributed by atoms with Gasteiger partial charge in [0.1, 0.15) is 0 Å². The van der Waals surface area contributed by atoms with Crippen molar-refractivity contribution in [3.8, 4) is 0 Å². The lowest BCUT2D eigenvalue weighted by molar-refractivity contribution is 0.359. The number of aryl methyl sites for hydroxylation is 2. The van der Waals surface area contributed by atoms with Gasteiger partial charge >= 0.3 is 0 Å². The van der Waals surface area contributed by atoms with Crippen molar-refractivity contribution < 1.29 is 0 Å². The summed E-state index contributed by atoms with van der Waals surface area (Å²) in [5.41, 5.74) is 4.26. The highest BCUT2D eigenvalue weighted by atomic mass is 14.9. The molecule has 0 saturated carbocycles. The Morgan fingerprint density at radius 3 is 2.29 bits per heavy atom. The fourth-order valence-electron chi connectivity index (χ4n) is 2.67. The van der Waals surface area contributed by atoms with Crippen LogP contribution in [0.4, 0.5) is 0 Å². The molecule has 1 aromatic rings. The Morgan fingerprint density at radius 1 is 1.12 bits per heavy atom. The van der Waals surface area contributed by atoms with Crippen LogP contribution in [-0.2, 0) is 0 Å². The van der Waals surface area contributed by atoms with E-state index < -0.39 is 0 Å². The van der Waals surface area contributed by atoms with Crippen molar-refractivity contribution in [2.45, 2.75) is 53.5 Å². The third-order valence-electron chi connectivity index (χ3n) is 3.62. The monoisotopic (exact) mass is 233 g/mol. The highest BCUT2D eigenvalue weighted by molar-refractivity contribution is 5.34.